The summed E-state index contributed by atoms with van der Waals surface area (Å²) < 4.78 is 32.1. The van der Waals surface area contributed by atoms with Crippen LogP contribution in [0.4, 0.5) is 8.78 Å². The zero-order valence-electron chi connectivity index (χ0n) is 14.4. The third-order valence-corrected chi connectivity index (χ3v) is 4.28. The Bertz CT molecular complexity index is 1130. The average Bonchev–Trinajstić information content (AvgIpc) is 2.64. The zero-order chi connectivity index (χ0) is 20.4. The van der Waals surface area contributed by atoms with Crippen molar-refractivity contribution in [2.24, 2.45) is 0 Å². The van der Waals surface area contributed by atoms with E-state index in [9.17, 15) is 18.4 Å². The van der Waals surface area contributed by atoms with Gasteiger partial charge in [-0.3, -0.25) is 4.79 Å². The quantitative estimate of drug-likeness (QED) is 0.669. The maximum atomic E-state index is 13.8. The van der Waals surface area contributed by atoms with Gasteiger partial charge in [0.1, 0.15) is 24.1 Å². The number of hydrogen-bond donors (Lipinski definition) is 2. The van der Waals surface area contributed by atoms with Crippen LogP contribution in [-0.2, 0) is 6.61 Å². The van der Waals surface area contributed by atoms with Gasteiger partial charge in [0.25, 0.3) is 5.56 Å². The second kappa shape index (κ2) is 7.77. The number of hydrogen-bond acceptors (Lipinski definition) is 4. The molecule has 0 unspecified atom stereocenters. The molecule has 0 saturated heterocycles. The summed E-state index contributed by atoms with van der Waals surface area (Å²) in [5.74, 6) is -2.90. The van der Waals surface area contributed by atoms with E-state index < -0.39 is 23.2 Å². The van der Waals surface area contributed by atoms with Crippen LogP contribution in [0, 0.1) is 18.6 Å². The molecule has 0 saturated carbocycles. The summed E-state index contributed by atoms with van der Waals surface area (Å²) in [7, 11) is 0. The maximum absolute atomic E-state index is 13.8. The molecule has 28 heavy (non-hydrogen) atoms. The number of aromatic nitrogens is 2. The van der Waals surface area contributed by atoms with Gasteiger partial charge >= 0.3 is 5.97 Å². The number of aryl methyl sites for hydroxylation is 1. The number of carbonyl (C=O) groups is 1. The first-order valence-corrected chi connectivity index (χ1v) is 8.35. The molecule has 0 fully saturated rings. The second-order valence-electron chi connectivity index (χ2n) is 5.89. The Hall–Kier alpha value is -3.26. The van der Waals surface area contributed by atoms with Crippen molar-refractivity contribution in [2.45, 2.75) is 13.5 Å². The van der Waals surface area contributed by atoms with Gasteiger partial charge < -0.3 is 14.8 Å². The van der Waals surface area contributed by atoms with E-state index >= 15 is 0 Å². The van der Waals surface area contributed by atoms with E-state index in [1.807, 2.05) is 0 Å². The summed E-state index contributed by atoms with van der Waals surface area (Å²) in [6, 6.07) is 7.32. The highest BCUT2D eigenvalue weighted by Crippen LogP contribution is 2.26. The minimum Gasteiger partial charge on any atom is -0.478 e. The number of H-pyrrole nitrogens is 1. The molecule has 0 aliphatic rings. The number of carboxylic acid groups (broad SMARTS) is 1. The maximum Gasteiger partial charge on any atom is 0.335 e. The van der Waals surface area contributed by atoms with Gasteiger partial charge in [0.2, 0.25) is 5.88 Å². The third kappa shape index (κ3) is 4.01. The van der Waals surface area contributed by atoms with Gasteiger partial charge in [0.15, 0.2) is 5.02 Å². The minimum atomic E-state index is -1.14. The average molecular weight is 407 g/mol. The van der Waals surface area contributed by atoms with E-state index in [4.69, 9.17) is 21.4 Å². The summed E-state index contributed by atoms with van der Waals surface area (Å²) in [6.07, 6.45) is 0. The normalized spacial score (nSPS) is 10.7. The van der Waals surface area contributed by atoms with Crippen LogP contribution in [0.2, 0.25) is 5.02 Å². The summed E-state index contributed by atoms with van der Waals surface area (Å²) in [6.45, 7) is 1.37. The van der Waals surface area contributed by atoms with Crippen molar-refractivity contribution in [3.05, 3.63) is 80.1 Å². The second-order valence-corrected chi connectivity index (χ2v) is 6.27. The molecule has 0 radical (unpaired) electrons. The Morgan fingerprint density at radius 1 is 1.25 bits per heavy atom. The van der Waals surface area contributed by atoms with Crippen molar-refractivity contribution in [1.82, 2.24) is 9.97 Å². The highest BCUT2D eigenvalue weighted by molar-refractivity contribution is 6.31. The van der Waals surface area contributed by atoms with Gasteiger partial charge in [0, 0.05) is 17.2 Å². The zero-order valence-corrected chi connectivity index (χ0v) is 15.2. The molecule has 9 heteroatoms. The van der Waals surface area contributed by atoms with Gasteiger partial charge in [0.05, 0.1) is 5.56 Å². The van der Waals surface area contributed by atoms with E-state index in [1.54, 1.807) is 13.0 Å². The summed E-state index contributed by atoms with van der Waals surface area (Å²) in [5.41, 5.74) is 0.373. The lowest BCUT2D eigenvalue weighted by Gasteiger charge is -2.11. The summed E-state index contributed by atoms with van der Waals surface area (Å²) in [5, 5.41) is 8.81. The molecule has 0 atom stereocenters. The Balaban J connectivity index is 1.98. The van der Waals surface area contributed by atoms with Crippen molar-refractivity contribution < 1.29 is 23.4 Å². The fourth-order valence-electron chi connectivity index (χ4n) is 2.46. The molecule has 0 amide bonds. The van der Waals surface area contributed by atoms with Crippen LogP contribution in [0.5, 0.6) is 5.88 Å². The minimum absolute atomic E-state index is 0.00838. The first-order valence-electron chi connectivity index (χ1n) is 7.97. The standard InChI is InChI=1S/C19H13ClF2N2O4/c1-9-2-3-10(19(26)27)6-13(9)16-23-17(25)15(20)18(24-16)28-8-11-4-5-12(21)7-14(11)22/h2-7H,8H2,1H3,(H,26,27)(H,23,24,25). The fraction of sp³-hybridized carbons (Fsp3) is 0.105. The number of nitrogens with zero attached hydrogens (tertiary/aromatic N) is 1. The predicted octanol–water partition coefficient (Wildman–Crippen LogP) is 3.95. The van der Waals surface area contributed by atoms with Gasteiger partial charge in [-0.15, -0.1) is 0 Å². The smallest absolute Gasteiger partial charge is 0.335 e. The van der Waals surface area contributed by atoms with Gasteiger partial charge in [-0.1, -0.05) is 17.7 Å². The van der Waals surface area contributed by atoms with Crippen LogP contribution in [-0.4, -0.2) is 21.0 Å². The number of halogens is 3. The first kappa shape index (κ1) is 19.5. The van der Waals surface area contributed by atoms with Crippen LogP contribution in [0.15, 0.2) is 41.2 Å². The molecule has 144 valence electrons. The fourth-order valence-corrected chi connectivity index (χ4v) is 2.60. The van der Waals surface area contributed by atoms with Crippen LogP contribution < -0.4 is 10.3 Å². The van der Waals surface area contributed by atoms with E-state index in [0.717, 1.165) is 6.07 Å². The third-order valence-electron chi connectivity index (χ3n) is 3.95. The monoisotopic (exact) mass is 406 g/mol. The SMILES string of the molecule is Cc1ccc(C(=O)O)cc1-c1nc(OCc2ccc(F)cc2F)c(Cl)c(=O)[nH]1. The summed E-state index contributed by atoms with van der Waals surface area (Å²) >= 11 is 5.93. The lowest BCUT2D eigenvalue weighted by Crippen LogP contribution is -2.13. The molecule has 3 rings (SSSR count). The number of benzene rings is 2. The molecule has 0 aliphatic carbocycles. The van der Waals surface area contributed by atoms with Crippen molar-refractivity contribution in [2.75, 3.05) is 0 Å². The first-order chi connectivity index (χ1) is 13.3. The van der Waals surface area contributed by atoms with E-state index in [-0.39, 0.29) is 34.5 Å². The number of carboxylic acids is 1. The highest BCUT2D eigenvalue weighted by Gasteiger charge is 2.16. The molecule has 6 nitrogen and oxygen atoms in total. The van der Waals surface area contributed by atoms with E-state index in [2.05, 4.69) is 9.97 Å². The van der Waals surface area contributed by atoms with E-state index in [0.29, 0.717) is 17.2 Å². The molecule has 3 aromatic rings. The number of aromatic carboxylic acids is 1. The molecule has 2 aromatic carbocycles. The van der Waals surface area contributed by atoms with Crippen molar-refractivity contribution in [1.29, 1.82) is 0 Å². The van der Waals surface area contributed by atoms with Gasteiger partial charge in [-0.2, -0.15) is 4.98 Å². The largest absolute Gasteiger partial charge is 0.478 e. The molecular formula is C19H13ClF2N2O4. The van der Waals surface area contributed by atoms with Crippen LogP contribution in [0.3, 0.4) is 0 Å². The highest BCUT2D eigenvalue weighted by atomic mass is 35.5. The molecule has 0 spiro atoms. The molecule has 1 aromatic heterocycles. The number of ether oxygens (including phenoxy) is 1. The van der Waals surface area contributed by atoms with Crippen molar-refractivity contribution in [3.63, 3.8) is 0 Å². The Morgan fingerprint density at radius 3 is 2.68 bits per heavy atom. The van der Waals surface area contributed by atoms with Crippen LogP contribution in [0.25, 0.3) is 11.4 Å². The molecular weight excluding hydrogens is 394 g/mol. The Labute approximate surface area is 162 Å². The molecule has 0 bridgehead atoms. The summed E-state index contributed by atoms with van der Waals surface area (Å²) in [4.78, 5) is 29.9. The van der Waals surface area contributed by atoms with Gasteiger partial charge in [-0.05, 0) is 36.8 Å². The van der Waals surface area contributed by atoms with Gasteiger partial charge in [-0.25, -0.2) is 13.6 Å². The lowest BCUT2D eigenvalue weighted by molar-refractivity contribution is 0.0697. The molecule has 2 N–H and O–H groups in total. The number of rotatable bonds is 5. The van der Waals surface area contributed by atoms with Crippen molar-refractivity contribution >= 4 is 17.6 Å². The lowest BCUT2D eigenvalue weighted by atomic mass is 10.0. The number of nitrogens with one attached hydrogen (secondary N) is 1. The Morgan fingerprint density at radius 2 is 2.00 bits per heavy atom. The number of aromatic amines is 1. The predicted molar refractivity (Wildman–Crippen MR) is 97.7 cm³/mol. The topological polar surface area (TPSA) is 92.3 Å². The molecule has 0 aliphatic heterocycles. The van der Waals surface area contributed by atoms with Crippen molar-refractivity contribution in [3.8, 4) is 17.3 Å². The van der Waals surface area contributed by atoms with E-state index in [1.165, 1.54) is 18.2 Å². The van der Waals surface area contributed by atoms with Crippen LogP contribution >= 0.6 is 11.6 Å². The Kier molecular flexibility index (Phi) is 5.41. The van der Waals surface area contributed by atoms with Crippen LogP contribution in [0.1, 0.15) is 21.5 Å². The molecule has 1 heterocycles.